The van der Waals surface area contributed by atoms with Gasteiger partial charge in [0, 0.05) is 12.6 Å². The molecule has 18 heavy (non-hydrogen) atoms. The smallest absolute Gasteiger partial charge is 0.335 e. The molecule has 0 amide bonds. The Morgan fingerprint density at radius 2 is 2.17 bits per heavy atom. The minimum absolute atomic E-state index is 0.367. The van der Waals surface area contributed by atoms with Crippen LogP contribution in [-0.2, 0) is 6.54 Å². The van der Waals surface area contributed by atoms with Crippen LogP contribution in [-0.4, -0.2) is 29.1 Å². The second kappa shape index (κ2) is 4.73. The highest BCUT2D eigenvalue weighted by molar-refractivity contribution is 5.87. The molecule has 0 saturated heterocycles. The van der Waals surface area contributed by atoms with E-state index < -0.39 is 5.97 Å². The molecule has 98 valence electrons. The summed E-state index contributed by atoms with van der Waals surface area (Å²) in [6.07, 6.45) is 2.60. The minimum Gasteiger partial charge on any atom is -0.478 e. The molecule has 0 aromatic heterocycles. The van der Waals surface area contributed by atoms with Crippen molar-refractivity contribution < 1.29 is 9.90 Å². The van der Waals surface area contributed by atoms with Crippen molar-refractivity contribution in [1.29, 1.82) is 0 Å². The van der Waals surface area contributed by atoms with Crippen LogP contribution >= 0.6 is 0 Å². The third kappa shape index (κ3) is 2.72. The van der Waals surface area contributed by atoms with Crippen molar-refractivity contribution in [3.63, 3.8) is 0 Å². The lowest BCUT2D eigenvalue weighted by molar-refractivity contribution is 0.0696. The van der Waals surface area contributed by atoms with Gasteiger partial charge in [0.1, 0.15) is 0 Å². The second-order valence-corrected chi connectivity index (χ2v) is 5.75. The van der Waals surface area contributed by atoms with Crippen molar-refractivity contribution in [3.05, 3.63) is 35.4 Å². The zero-order chi connectivity index (χ0) is 13.3. The van der Waals surface area contributed by atoms with Gasteiger partial charge in [-0.1, -0.05) is 19.1 Å². The van der Waals surface area contributed by atoms with Gasteiger partial charge in [0.15, 0.2) is 0 Å². The molecule has 0 radical (unpaired) electrons. The van der Waals surface area contributed by atoms with Crippen molar-refractivity contribution in [1.82, 2.24) is 4.90 Å². The van der Waals surface area contributed by atoms with Gasteiger partial charge < -0.3 is 5.11 Å². The predicted octanol–water partition coefficient (Wildman–Crippen LogP) is 3.01. The first-order valence-corrected chi connectivity index (χ1v) is 6.45. The van der Waals surface area contributed by atoms with Crippen LogP contribution in [0.5, 0.6) is 0 Å². The maximum absolute atomic E-state index is 10.9. The van der Waals surface area contributed by atoms with E-state index in [9.17, 15) is 4.79 Å². The fourth-order valence-corrected chi connectivity index (χ4v) is 2.37. The van der Waals surface area contributed by atoms with Gasteiger partial charge in [-0.3, -0.25) is 4.90 Å². The molecule has 3 nitrogen and oxygen atoms in total. The van der Waals surface area contributed by atoms with Gasteiger partial charge in [-0.2, -0.15) is 0 Å². The molecule has 1 aromatic rings. The highest BCUT2D eigenvalue weighted by Gasteiger charge is 2.43. The van der Waals surface area contributed by atoms with Gasteiger partial charge in [-0.15, -0.1) is 0 Å². The Bertz CT molecular complexity index is 452. The first kappa shape index (κ1) is 13.1. The lowest BCUT2D eigenvalue weighted by Crippen LogP contribution is -2.34. The van der Waals surface area contributed by atoms with Gasteiger partial charge in [-0.25, -0.2) is 4.79 Å². The molecule has 0 spiro atoms. The molecule has 1 fully saturated rings. The van der Waals surface area contributed by atoms with E-state index in [4.69, 9.17) is 5.11 Å². The van der Waals surface area contributed by atoms with Crippen molar-refractivity contribution >= 4 is 5.97 Å². The van der Waals surface area contributed by atoms with Crippen LogP contribution in [0.1, 0.15) is 42.6 Å². The summed E-state index contributed by atoms with van der Waals surface area (Å²) >= 11 is 0. The first-order valence-electron chi connectivity index (χ1n) is 6.45. The van der Waals surface area contributed by atoms with E-state index in [0.29, 0.717) is 17.0 Å². The van der Waals surface area contributed by atoms with E-state index >= 15 is 0 Å². The molecule has 1 aromatic carbocycles. The molecular weight excluding hydrogens is 226 g/mol. The van der Waals surface area contributed by atoms with E-state index in [1.807, 2.05) is 12.1 Å². The third-order valence-electron chi connectivity index (χ3n) is 4.31. The SMILES string of the molecule is CC(N(C)Cc1cccc(C(=O)O)c1)C1(C)CC1. The average Bonchev–Trinajstić information content (AvgIpc) is 3.08. The predicted molar refractivity (Wildman–Crippen MR) is 71.7 cm³/mol. The summed E-state index contributed by atoms with van der Waals surface area (Å²) in [5.74, 6) is -0.860. The third-order valence-corrected chi connectivity index (χ3v) is 4.31. The minimum atomic E-state index is -0.860. The van der Waals surface area contributed by atoms with Gasteiger partial charge in [-0.05, 0) is 49.9 Å². The van der Waals surface area contributed by atoms with Crippen LogP contribution in [0.25, 0.3) is 0 Å². The van der Waals surface area contributed by atoms with E-state index in [-0.39, 0.29) is 0 Å². The summed E-state index contributed by atoms with van der Waals surface area (Å²) < 4.78 is 0. The molecule has 1 aliphatic rings. The molecule has 3 heteroatoms. The quantitative estimate of drug-likeness (QED) is 0.869. The summed E-state index contributed by atoms with van der Waals surface area (Å²) in [4.78, 5) is 13.2. The fourth-order valence-electron chi connectivity index (χ4n) is 2.37. The summed E-state index contributed by atoms with van der Waals surface area (Å²) in [5, 5.41) is 8.98. The largest absolute Gasteiger partial charge is 0.478 e. The normalized spacial score (nSPS) is 18.7. The number of hydrogen-bond acceptors (Lipinski definition) is 2. The lowest BCUT2D eigenvalue weighted by atomic mass is 9.99. The Hall–Kier alpha value is -1.35. The van der Waals surface area contributed by atoms with Crippen LogP contribution in [0.15, 0.2) is 24.3 Å². The summed E-state index contributed by atoms with van der Waals surface area (Å²) in [6.45, 7) is 5.38. The molecular formula is C15H21NO2. The fraction of sp³-hybridized carbons (Fsp3) is 0.533. The van der Waals surface area contributed by atoms with Gasteiger partial charge in [0.25, 0.3) is 0 Å². The van der Waals surface area contributed by atoms with Crippen molar-refractivity contribution in [3.8, 4) is 0 Å². The van der Waals surface area contributed by atoms with Crippen LogP contribution < -0.4 is 0 Å². The van der Waals surface area contributed by atoms with Crippen molar-refractivity contribution in [2.45, 2.75) is 39.3 Å². The molecule has 0 heterocycles. The van der Waals surface area contributed by atoms with Crippen LogP contribution in [0.2, 0.25) is 0 Å². The molecule has 0 aliphatic heterocycles. The van der Waals surface area contributed by atoms with E-state index in [1.165, 1.54) is 12.8 Å². The van der Waals surface area contributed by atoms with Gasteiger partial charge in [0.2, 0.25) is 0 Å². The van der Waals surface area contributed by atoms with Crippen LogP contribution in [0.4, 0.5) is 0 Å². The van der Waals surface area contributed by atoms with Gasteiger partial charge in [0.05, 0.1) is 5.56 Å². The number of carboxylic acid groups (broad SMARTS) is 1. The number of benzene rings is 1. The Kier molecular flexibility index (Phi) is 3.44. The number of rotatable bonds is 5. The number of carbonyl (C=O) groups is 1. The molecule has 1 unspecified atom stereocenters. The lowest BCUT2D eigenvalue weighted by Gasteiger charge is -2.30. The molecule has 0 bridgehead atoms. The Balaban J connectivity index is 2.04. The average molecular weight is 247 g/mol. The van der Waals surface area contributed by atoms with Gasteiger partial charge >= 0.3 is 5.97 Å². The highest BCUT2D eigenvalue weighted by atomic mass is 16.4. The molecule has 1 N–H and O–H groups in total. The molecule has 1 aliphatic carbocycles. The zero-order valence-corrected chi connectivity index (χ0v) is 11.3. The Labute approximate surface area is 108 Å². The summed E-state index contributed by atoms with van der Waals surface area (Å²) in [5.41, 5.74) is 1.89. The van der Waals surface area contributed by atoms with Crippen LogP contribution in [0, 0.1) is 5.41 Å². The first-order chi connectivity index (χ1) is 8.42. The Morgan fingerprint density at radius 1 is 1.50 bits per heavy atom. The van der Waals surface area contributed by atoms with E-state index in [0.717, 1.165) is 12.1 Å². The van der Waals surface area contributed by atoms with Crippen molar-refractivity contribution in [2.75, 3.05) is 7.05 Å². The second-order valence-electron chi connectivity index (χ2n) is 5.75. The standard InChI is InChI=1S/C15H21NO2/c1-11(15(2)7-8-15)16(3)10-12-5-4-6-13(9-12)14(17)18/h4-6,9,11H,7-8,10H2,1-3H3,(H,17,18). The van der Waals surface area contributed by atoms with E-state index in [2.05, 4.69) is 25.8 Å². The van der Waals surface area contributed by atoms with Crippen LogP contribution in [0.3, 0.4) is 0 Å². The van der Waals surface area contributed by atoms with E-state index in [1.54, 1.807) is 12.1 Å². The topological polar surface area (TPSA) is 40.5 Å². The maximum Gasteiger partial charge on any atom is 0.335 e. The molecule has 2 rings (SSSR count). The number of carboxylic acids is 1. The molecule has 1 saturated carbocycles. The number of aromatic carboxylic acids is 1. The van der Waals surface area contributed by atoms with Crippen molar-refractivity contribution in [2.24, 2.45) is 5.41 Å². The molecule has 1 atom stereocenters. The summed E-state index contributed by atoms with van der Waals surface area (Å²) in [6, 6.07) is 7.74. The zero-order valence-electron chi connectivity index (χ0n) is 11.3. The maximum atomic E-state index is 10.9. The highest BCUT2D eigenvalue weighted by Crippen LogP contribution is 2.49. The Morgan fingerprint density at radius 3 is 2.72 bits per heavy atom. The number of hydrogen-bond donors (Lipinski definition) is 1. The number of nitrogens with zero attached hydrogens (tertiary/aromatic N) is 1. The monoisotopic (exact) mass is 247 g/mol. The summed E-state index contributed by atoms with van der Waals surface area (Å²) in [7, 11) is 2.11.